The summed E-state index contributed by atoms with van der Waals surface area (Å²) in [7, 11) is 0. The predicted octanol–water partition coefficient (Wildman–Crippen LogP) is 6.60. The van der Waals surface area contributed by atoms with Gasteiger partial charge in [0.2, 0.25) is 17.7 Å². The number of thioether (sulfide) groups is 1. The van der Waals surface area contributed by atoms with Gasteiger partial charge in [-0.15, -0.1) is 0 Å². The molecule has 4 aromatic rings. The van der Waals surface area contributed by atoms with Gasteiger partial charge < -0.3 is 5.32 Å². The summed E-state index contributed by atoms with van der Waals surface area (Å²) >= 11 is 8.21. The molecule has 3 atom stereocenters. The van der Waals surface area contributed by atoms with E-state index in [4.69, 9.17) is 11.6 Å². The van der Waals surface area contributed by atoms with Crippen LogP contribution in [0.5, 0.6) is 0 Å². The summed E-state index contributed by atoms with van der Waals surface area (Å²) in [5, 5.41) is 3.17. The maximum atomic E-state index is 14.1. The third kappa shape index (κ3) is 5.46. The van der Waals surface area contributed by atoms with Crippen LogP contribution in [0.15, 0.2) is 82.6 Å². The van der Waals surface area contributed by atoms with Crippen molar-refractivity contribution in [1.29, 1.82) is 0 Å². The van der Waals surface area contributed by atoms with Crippen LogP contribution in [0.1, 0.15) is 48.3 Å². The minimum Gasteiger partial charge on any atom is -0.325 e. The number of benzene rings is 3. The van der Waals surface area contributed by atoms with Gasteiger partial charge in [-0.05, 0) is 59.9 Å². The third-order valence-corrected chi connectivity index (χ3v) is 10.8. The Morgan fingerprint density at radius 2 is 1.56 bits per heavy atom. The van der Waals surface area contributed by atoms with Crippen LogP contribution in [0.2, 0.25) is 5.02 Å². The number of amides is 3. The molecule has 10 heteroatoms. The normalized spacial score (nSPS) is 19.7. The van der Waals surface area contributed by atoms with E-state index >= 15 is 0 Å². The Bertz CT molecular complexity index is 1790. The number of rotatable bonds is 5. The minimum atomic E-state index is -0.742. The van der Waals surface area contributed by atoms with E-state index in [9.17, 15) is 19.2 Å². The van der Waals surface area contributed by atoms with Gasteiger partial charge in [0.05, 0.1) is 16.6 Å². The second-order valence-electron chi connectivity index (χ2n) is 11.9. The van der Waals surface area contributed by atoms with E-state index in [-0.39, 0.29) is 34.6 Å². The molecule has 6 rings (SSSR count). The van der Waals surface area contributed by atoms with E-state index in [1.54, 1.807) is 36.4 Å². The predicted molar refractivity (Wildman–Crippen MR) is 172 cm³/mol. The quantitative estimate of drug-likeness (QED) is 0.251. The van der Waals surface area contributed by atoms with E-state index in [1.807, 2.05) is 43.3 Å². The SMILES string of the molecule is Cc1ccc(N2C(=O)[C@H]3[C@H](c4ccc(C(C)(C)C)cc4)c4sc(=O)n(CC(=O)Nc5ccc(Cl)cc5)c4S[C@H]3C2=O)cc1. The Morgan fingerprint density at radius 3 is 2.19 bits per heavy atom. The molecule has 3 aromatic carbocycles. The molecule has 1 aromatic heterocycles. The Balaban J connectivity index is 1.41. The molecule has 1 fully saturated rings. The lowest BCUT2D eigenvalue weighted by Gasteiger charge is -2.31. The standard InChI is InChI=1S/C33H30ClN3O4S2/c1-18-5-15-23(16-6-18)37-29(39)26-25(19-7-9-20(10-8-19)33(2,3)4)28-31(42-27(26)30(37)40)36(32(41)43-28)17-24(38)35-22-13-11-21(34)12-14-22/h5-16,25-27H,17H2,1-4H3,(H,35,38)/t25-,26-,27+/m0/s1. The largest absolute Gasteiger partial charge is 0.325 e. The van der Waals surface area contributed by atoms with E-state index < -0.39 is 17.1 Å². The summed E-state index contributed by atoms with van der Waals surface area (Å²) in [5.41, 5.74) is 4.03. The summed E-state index contributed by atoms with van der Waals surface area (Å²) in [4.78, 5) is 56.1. The number of nitrogens with one attached hydrogen (secondary N) is 1. The number of hydrogen-bond acceptors (Lipinski definition) is 6. The van der Waals surface area contributed by atoms with Gasteiger partial charge in [0, 0.05) is 21.5 Å². The molecule has 0 aliphatic carbocycles. The molecule has 0 radical (unpaired) electrons. The molecule has 2 aliphatic heterocycles. The zero-order valence-electron chi connectivity index (χ0n) is 24.1. The number of hydrogen-bond donors (Lipinski definition) is 1. The van der Waals surface area contributed by atoms with E-state index in [0.29, 0.717) is 26.3 Å². The maximum Gasteiger partial charge on any atom is 0.308 e. The summed E-state index contributed by atoms with van der Waals surface area (Å²) < 4.78 is 1.43. The van der Waals surface area contributed by atoms with Crippen molar-refractivity contribution in [3.05, 3.63) is 109 Å². The monoisotopic (exact) mass is 631 g/mol. The van der Waals surface area contributed by atoms with Crippen LogP contribution in [-0.4, -0.2) is 27.5 Å². The highest BCUT2D eigenvalue weighted by molar-refractivity contribution is 8.00. The molecule has 0 unspecified atom stereocenters. The van der Waals surface area contributed by atoms with Gasteiger partial charge in [0.15, 0.2) is 0 Å². The second kappa shape index (κ2) is 11.1. The molecule has 3 amide bonds. The number of nitrogens with zero attached hydrogens (tertiary/aromatic N) is 2. The average Bonchev–Trinajstić information content (AvgIpc) is 3.40. The van der Waals surface area contributed by atoms with Gasteiger partial charge in [0.25, 0.3) is 0 Å². The fourth-order valence-electron chi connectivity index (χ4n) is 5.63. The molecular weight excluding hydrogens is 602 g/mol. The first-order valence-corrected chi connectivity index (χ1v) is 16.0. The highest BCUT2D eigenvalue weighted by atomic mass is 35.5. The van der Waals surface area contributed by atoms with Gasteiger partial charge in [-0.25, -0.2) is 4.90 Å². The van der Waals surface area contributed by atoms with Gasteiger partial charge in [0.1, 0.15) is 11.8 Å². The zero-order valence-corrected chi connectivity index (χ0v) is 26.5. The number of carbonyl (C=O) groups is 3. The highest BCUT2D eigenvalue weighted by Gasteiger charge is 2.56. The molecule has 7 nitrogen and oxygen atoms in total. The Morgan fingerprint density at radius 1 is 0.907 bits per heavy atom. The topological polar surface area (TPSA) is 88.5 Å². The van der Waals surface area contributed by atoms with Crippen LogP contribution in [-0.2, 0) is 26.3 Å². The van der Waals surface area contributed by atoms with Crippen LogP contribution in [0.3, 0.4) is 0 Å². The smallest absolute Gasteiger partial charge is 0.308 e. The van der Waals surface area contributed by atoms with Crippen LogP contribution in [0.4, 0.5) is 11.4 Å². The Labute approximate surface area is 262 Å². The van der Waals surface area contributed by atoms with Gasteiger partial charge >= 0.3 is 4.87 Å². The maximum absolute atomic E-state index is 14.1. The molecular formula is C33H30ClN3O4S2. The van der Waals surface area contributed by atoms with Crippen molar-refractivity contribution >= 4 is 63.8 Å². The van der Waals surface area contributed by atoms with Crippen LogP contribution in [0.25, 0.3) is 0 Å². The van der Waals surface area contributed by atoms with E-state index in [2.05, 4.69) is 26.1 Å². The molecule has 43 heavy (non-hydrogen) atoms. The molecule has 1 saturated heterocycles. The molecule has 3 heterocycles. The van der Waals surface area contributed by atoms with Crippen molar-refractivity contribution in [3.63, 3.8) is 0 Å². The number of thiazole rings is 1. The van der Waals surface area contributed by atoms with Crippen molar-refractivity contribution < 1.29 is 14.4 Å². The summed E-state index contributed by atoms with van der Waals surface area (Å²) in [6.07, 6.45) is 0. The average molecular weight is 632 g/mol. The minimum absolute atomic E-state index is 0.0678. The van der Waals surface area contributed by atoms with E-state index in [1.165, 1.54) is 21.2 Å². The van der Waals surface area contributed by atoms with Crippen molar-refractivity contribution in [1.82, 2.24) is 4.57 Å². The van der Waals surface area contributed by atoms with Crippen molar-refractivity contribution in [2.24, 2.45) is 5.92 Å². The number of aryl methyl sites for hydroxylation is 1. The third-order valence-electron chi connectivity index (χ3n) is 7.91. The first kappa shape index (κ1) is 29.4. The van der Waals surface area contributed by atoms with Gasteiger partial charge in [-0.1, -0.05) is 97.4 Å². The summed E-state index contributed by atoms with van der Waals surface area (Å²) in [6, 6.07) is 22.1. The zero-order chi connectivity index (χ0) is 30.6. The first-order valence-electron chi connectivity index (χ1n) is 13.9. The number of imide groups is 1. The van der Waals surface area contributed by atoms with Crippen LogP contribution >= 0.6 is 34.7 Å². The number of anilines is 2. The second-order valence-corrected chi connectivity index (χ2v) is 14.5. The van der Waals surface area contributed by atoms with Crippen molar-refractivity contribution in [2.45, 2.75) is 55.8 Å². The lowest BCUT2D eigenvalue weighted by Crippen LogP contribution is -2.33. The highest BCUT2D eigenvalue weighted by Crippen LogP contribution is 2.54. The van der Waals surface area contributed by atoms with E-state index in [0.717, 1.165) is 28.0 Å². The lowest BCUT2D eigenvalue weighted by atomic mass is 9.81. The number of aromatic nitrogens is 1. The van der Waals surface area contributed by atoms with Gasteiger partial charge in [-0.3, -0.25) is 23.7 Å². The fourth-order valence-corrected chi connectivity index (χ4v) is 8.53. The molecule has 0 saturated carbocycles. The first-order chi connectivity index (χ1) is 20.4. The van der Waals surface area contributed by atoms with Crippen molar-refractivity contribution in [2.75, 3.05) is 10.2 Å². The van der Waals surface area contributed by atoms with Crippen LogP contribution < -0.4 is 15.1 Å². The van der Waals surface area contributed by atoms with Crippen molar-refractivity contribution in [3.8, 4) is 0 Å². The lowest BCUT2D eigenvalue weighted by molar-refractivity contribution is -0.122. The number of halogens is 1. The number of carbonyl (C=O) groups excluding carboxylic acids is 3. The molecule has 0 bridgehead atoms. The van der Waals surface area contributed by atoms with Crippen LogP contribution in [0, 0.1) is 12.8 Å². The molecule has 220 valence electrons. The Kier molecular flexibility index (Phi) is 7.61. The Hall–Kier alpha value is -3.66. The fraction of sp³-hybridized carbons (Fsp3) is 0.273. The number of fused-ring (bicyclic) bond motifs is 2. The molecule has 2 aliphatic rings. The summed E-state index contributed by atoms with van der Waals surface area (Å²) in [6.45, 7) is 8.12. The summed E-state index contributed by atoms with van der Waals surface area (Å²) in [5.74, 6) is -2.19. The molecule has 0 spiro atoms. The molecule has 1 N–H and O–H groups in total. The van der Waals surface area contributed by atoms with Gasteiger partial charge in [-0.2, -0.15) is 0 Å².